The zero-order valence-electron chi connectivity index (χ0n) is 8.52. The summed E-state index contributed by atoms with van der Waals surface area (Å²) in [5, 5.41) is 0. The van der Waals surface area contributed by atoms with Gasteiger partial charge < -0.3 is 5.43 Å². The lowest BCUT2D eigenvalue weighted by atomic mass is 9.99. The first kappa shape index (κ1) is 11.2. The Morgan fingerprint density at radius 2 is 2.08 bits per heavy atom. The van der Waals surface area contributed by atoms with E-state index in [2.05, 4.69) is 32.3 Å². The Morgan fingerprint density at radius 1 is 1.50 bits per heavy atom. The fourth-order valence-electron chi connectivity index (χ4n) is 1.21. The van der Waals surface area contributed by atoms with Crippen LogP contribution in [0.15, 0.2) is 23.4 Å². The van der Waals surface area contributed by atoms with Gasteiger partial charge >= 0.3 is 0 Å². The maximum atomic E-state index is 5.41. The van der Waals surface area contributed by atoms with Gasteiger partial charge in [0, 0.05) is 5.70 Å². The molecule has 0 aromatic carbocycles. The van der Waals surface area contributed by atoms with Crippen molar-refractivity contribution in [3.05, 3.63) is 23.4 Å². The van der Waals surface area contributed by atoms with Gasteiger partial charge in [-0.3, -0.25) is 5.84 Å². The standard InChI is InChI=1S/C10H20N2/c1-5-7-9(8(3)4)10(6-2)12-11/h5,7-8,12H,6,11H2,1-4H3/b7-5-,10-9+. The Hall–Kier alpha value is -0.760. The van der Waals surface area contributed by atoms with E-state index in [0.717, 1.165) is 12.1 Å². The Morgan fingerprint density at radius 3 is 2.33 bits per heavy atom. The number of hydrazine groups is 1. The first-order chi connectivity index (χ1) is 5.67. The number of nitrogens with two attached hydrogens (primary N) is 1. The molecule has 0 unspecified atom stereocenters. The van der Waals surface area contributed by atoms with Crippen LogP contribution in [0, 0.1) is 5.92 Å². The minimum atomic E-state index is 0.521. The van der Waals surface area contributed by atoms with E-state index < -0.39 is 0 Å². The van der Waals surface area contributed by atoms with Crippen molar-refractivity contribution in [2.24, 2.45) is 11.8 Å². The van der Waals surface area contributed by atoms with Crippen molar-refractivity contribution in [3.63, 3.8) is 0 Å². The lowest BCUT2D eigenvalue weighted by Crippen LogP contribution is -2.23. The van der Waals surface area contributed by atoms with Crippen LogP contribution in [0.2, 0.25) is 0 Å². The van der Waals surface area contributed by atoms with E-state index >= 15 is 0 Å². The van der Waals surface area contributed by atoms with E-state index in [9.17, 15) is 0 Å². The van der Waals surface area contributed by atoms with Crippen molar-refractivity contribution >= 4 is 0 Å². The van der Waals surface area contributed by atoms with Gasteiger partial charge in [-0.1, -0.05) is 32.9 Å². The number of nitrogens with one attached hydrogen (secondary N) is 1. The molecule has 0 bridgehead atoms. The van der Waals surface area contributed by atoms with Gasteiger partial charge in [0.05, 0.1) is 0 Å². The summed E-state index contributed by atoms with van der Waals surface area (Å²) in [5.41, 5.74) is 5.17. The molecule has 0 aliphatic carbocycles. The average molecular weight is 168 g/mol. The van der Waals surface area contributed by atoms with Crippen LogP contribution in [-0.2, 0) is 0 Å². The minimum Gasteiger partial charge on any atom is -0.328 e. The number of hydrogen-bond acceptors (Lipinski definition) is 2. The normalized spacial score (nSPS) is 13.8. The van der Waals surface area contributed by atoms with Gasteiger partial charge in [-0.25, -0.2) is 0 Å². The highest BCUT2D eigenvalue weighted by Gasteiger charge is 2.04. The average Bonchev–Trinajstić information content (AvgIpc) is 2.05. The zero-order chi connectivity index (χ0) is 9.56. The first-order valence-corrected chi connectivity index (χ1v) is 4.49. The van der Waals surface area contributed by atoms with Crippen molar-refractivity contribution in [2.75, 3.05) is 0 Å². The van der Waals surface area contributed by atoms with Crippen LogP contribution in [0.5, 0.6) is 0 Å². The summed E-state index contributed by atoms with van der Waals surface area (Å²) < 4.78 is 0. The van der Waals surface area contributed by atoms with Gasteiger partial charge in [0.15, 0.2) is 0 Å². The van der Waals surface area contributed by atoms with E-state index in [-0.39, 0.29) is 0 Å². The van der Waals surface area contributed by atoms with Gasteiger partial charge in [-0.2, -0.15) is 0 Å². The number of rotatable bonds is 4. The molecule has 0 radical (unpaired) electrons. The molecule has 12 heavy (non-hydrogen) atoms. The Bertz CT molecular complexity index is 172. The number of allylic oxidation sites excluding steroid dienone is 4. The van der Waals surface area contributed by atoms with E-state index in [4.69, 9.17) is 5.84 Å². The van der Waals surface area contributed by atoms with Crippen molar-refractivity contribution in [1.82, 2.24) is 5.43 Å². The molecule has 0 heterocycles. The topological polar surface area (TPSA) is 38.0 Å². The molecule has 2 nitrogen and oxygen atoms in total. The highest BCUT2D eigenvalue weighted by atomic mass is 15.2. The third-order valence-electron chi connectivity index (χ3n) is 1.84. The van der Waals surface area contributed by atoms with Crippen molar-refractivity contribution in [3.8, 4) is 0 Å². The van der Waals surface area contributed by atoms with Gasteiger partial charge in [0.25, 0.3) is 0 Å². The largest absolute Gasteiger partial charge is 0.328 e. The van der Waals surface area contributed by atoms with Crippen LogP contribution in [0.3, 0.4) is 0 Å². The molecule has 0 aromatic rings. The maximum absolute atomic E-state index is 5.41. The van der Waals surface area contributed by atoms with Gasteiger partial charge in [-0.15, -0.1) is 0 Å². The second-order valence-corrected chi connectivity index (χ2v) is 3.09. The van der Waals surface area contributed by atoms with Crippen LogP contribution in [0.4, 0.5) is 0 Å². The predicted molar refractivity (Wildman–Crippen MR) is 54.3 cm³/mol. The summed E-state index contributed by atoms with van der Waals surface area (Å²) in [6.07, 6.45) is 5.11. The smallest absolute Gasteiger partial charge is 0.0291 e. The van der Waals surface area contributed by atoms with E-state index in [0.29, 0.717) is 5.92 Å². The molecule has 0 saturated heterocycles. The lowest BCUT2D eigenvalue weighted by Gasteiger charge is -2.13. The van der Waals surface area contributed by atoms with Crippen LogP contribution < -0.4 is 11.3 Å². The maximum Gasteiger partial charge on any atom is 0.0291 e. The second kappa shape index (κ2) is 5.84. The first-order valence-electron chi connectivity index (χ1n) is 4.49. The molecule has 70 valence electrons. The SMILES string of the molecule is C/C=C\C(=C(\CC)NN)C(C)C. The molecule has 3 N–H and O–H groups in total. The van der Waals surface area contributed by atoms with Crippen molar-refractivity contribution in [1.29, 1.82) is 0 Å². The highest BCUT2D eigenvalue weighted by molar-refractivity contribution is 5.25. The second-order valence-electron chi connectivity index (χ2n) is 3.09. The molecule has 0 aliphatic rings. The van der Waals surface area contributed by atoms with Gasteiger partial charge in [-0.05, 0) is 24.8 Å². The molecular formula is C10H20N2. The summed E-state index contributed by atoms with van der Waals surface area (Å²) in [4.78, 5) is 0. The molecule has 2 heteroatoms. The molecule has 0 aliphatic heterocycles. The van der Waals surface area contributed by atoms with Gasteiger partial charge in [0.1, 0.15) is 0 Å². The molecule has 0 fully saturated rings. The van der Waals surface area contributed by atoms with E-state index in [1.54, 1.807) is 0 Å². The molecule has 0 rings (SSSR count). The summed E-state index contributed by atoms with van der Waals surface area (Å²) in [6.45, 7) is 8.46. The molecule has 0 saturated carbocycles. The lowest BCUT2D eigenvalue weighted by molar-refractivity contribution is 0.724. The zero-order valence-corrected chi connectivity index (χ0v) is 8.52. The summed E-state index contributed by atoms with van der Waals surface area (Å²) in [6, 6.07) is 0. The van der Waals surface area contributed by atoms with Crippen LogP contribution >= 0.6 is 0 Å². The van der Waals surface area contributed by atoms with E-state index in [1.807, 2.05) is 13.0 Å². The van der Waals surface area contributed by atoms with Crippen molar-refractivity contribution < 1.29 is 0 Å². The quantitative estimate of drug-likeness (QED) is 0.384. The van der Waals surface area contributed by atoms with Gasteiger partial charge in [0.2, 0.25) is 0 Å². The molecule has 0 amide bonds. The molecule has 0 aromatic heterocycles. The predicted octanol–water partition coefficient (Wildman–Crippen LogP) is 2.35. The third-order valence-corrected chi connectivity index (χ3v) is 1.84. The summed E-state index contributed by atoms with van der Waals surface area (Å²) in [7, 11) is 0. The van der Waals surface area contributed by atoms with Crippen LogP contribution in [0.1, 0.15) is 34.1 Å². The fraction of sp³-hybridized carbons (Fsp3) is 0.600. The monoisotopic (exact) mass is 168 g/mol. The Kier molecular flexibility index (Phi) is 5.47. The molecule has 0 spiro atoms. The summed E-state index contributed by atoms with van der Waals surface area (Å²) >= 11 is 0. The molecular weight excluding hydrogens is 148 g/mol. The fourth-order valence-corrected chi connectivity index (χ4v) is 1.21. The molecule has 0 atom stereocenters. The van der Waals surface area contributed by atoms with Crippen molar-refractivity contribution in [2.45, 2.75) is 34.1 Å². The minimum absolute atomic E-state index is 0.521. The van der Waals surface area contributed by atoms with Crippen LogP contribution in [-0.4, -0.2) is 0 Å². The number of hydrogen-bond donors (Lipinski definition) is 2. The Balaban J connectivity index is 4.75. The third kappa shape index (κ3) is 3.09. The summed E-state index contributed by atoms with van der Waals surface area (Å²) in [5.74, 6) is 5.93. The van der Waals surface area contributed by atoms with Crippen LogP contribution in [0.25, 0.3) is 0 Å². The highest BCUT2D eigenvalue weighted by Crippen LogP contribution is 2.16. The Labute approximate surface area is 75.5 Å². The van der Waals surface area contributed by atoms with E-state index in [1.165, 1.54) is 5.57 Å².